The Labute approximate surface area is 113 Å². The van der Waals surface area contributed by atoms with E-state index in [-0.39, 0.29) is 24.6 Å². The van der Waals surface area contributed by atoms with E-state index in [0.29, 0.717) is 26.2 Å². The molecule has 6 nitrogen and oxygen atoms in total. The van der Waals surface area contributed by atoms with Crippen LogP contribution >= 0.6 is 0 Å². The molecule has 2 heterocycles. The average Bonchev–Trinajstić information content (AvgIpc) is 2.85. The molecule has 0 bridgehead atoms. The molecule has 2 rings (SSSR count). The normalized spacial score (nSPS) is 27.6. The highest BCUT2D eigenvalue weighted by Crippen LogP contribution is 2.22. The molecule has 0 aromatic carbocycles. The zero-order valence-corrected chi connectivity index (χ0v) is 11.4. The molecule has 0 aromatic heterocycles. The SMILES string of the molecule is CCC1CN(C(=O)N2CCCC2CC(=O)O)CCO1. The summed E-state index contributed by atoms with van der Waals surface area (Å²) >= 11 is 0. The quantitative estimate of drug-likeness (QED) is 0.835. The van der Waals surface area contributed by atoms with Crippen LogP contribution in [-0.2, 0) is 9.53 Å². The lowest BCUT2D eigenvalue weighted by molar-refractivity contribution is -0.138. The van der Waals surface area contributed by atoms with Gasteiger partial charge in [0.05, 0.1) is 19.1 Å². The van der Waals surface area contributed by atoms with Crippen LogP contribution in [0.15, 0.2) is 0 Å². The number of carbonyl (C=O) groups excluding carboxylic acids is 1. The van der Waals surface area contributed by atoms with E-state index in [4.69, 9.17) is 9.84 Å². The molecule has 2 aliphatic heterocycles. The first kappa shape index (κ1) is 14.1. The molecule has 0 saturated carbocycles. The predicted molar refractivity (Wildman–Crippen MR) is 69.0 cm³/mol. The first-order valence-electron chi connectivity index (χ1n) is 7.00. The van der Waals surface area contributed by atoms with Gasteiger partial charge in [-0.3, -0.25) is 4.79 Å². The lowest BCUT2D eigenvalue weighted by atomic mass is 10.1. The van der Waals surface area contributed by atoms with Crippen molar-refractivity contribution in [3.05, 3.63) is 0 Å². The predicted octanol–water partition coefficient (Wildman–Crippen LogP) is 1.16. The van der Waals surface area contributed by atoms with Crippen LogP contribution in [0.3, 0.4) is 0 Å². The Balaban J connectivity index is 1.96. The van der Waals surface area contributed by atoms with Gasteiger partial charge in [-0.25, -0.2) is 4.79 Å². The largest absolute Gasteiger partial charge is 0.481 e. The minimum atomic E-state index is -0.835. The minimum absolute atomic E-state index is 0.0227. The van der Waals surface area contributed by atoms with Crippen molar-refractivity contribution in [2.45, 2.75) is 44.8 Å². The summed E-state index contributed by atoms with van der Waals surface area (Å²) in [5.74, 6) is -0.835. The first-order chi connectivity index (χ1) is 9.11. The smallest absolute Gasteiger partial charge is 0.320 e. The van der Waals surface area contributed by atoms with Crippen LogP contribution < -0.4 is 0 Å². The van der Waals surface area contributed by atoms with Crippen LogP contribution in [0.1, 0.15) is 32.6 Å². The maximum absolute atomic E-state index is 12.5. The fraction of sp³-hybridized carbons (Fsp3) is 0.846. The highest BCUT2D eigenvalue weighted by atomic mass is 16.5. The van der Waals surface area contributed by atoms with Crippen LogP contribution in [0.5, 0.6) is 0 Å². The summed E-state index contributed by atoms with van der Waals surface area (Å²) in [6.07, 6.45) is 2.73. The third-order valence-electron chi connectivity index (χ3n) is 3.90. The third kappa shape index (κ3) is 3.37. The molecule has 2 atom stereocenters. The topological polar surface area (TPSA) is 70.1 Å². The first-order valence-corrected chi connectivity index (χ1v) is 7.00. The summed E-state index contributed by atoms with van der Waals surface area (Å²) in [5.41, 5.74) is 0. The van der Waals surface area contributed by atoms with Gasteiger partial charge in [-0.15, -0.1) is 0 Å². The fourth-order valence-electron chi connectivity index (χ4n) is 2.82. The highest BCUT2D eigenvalue weighted by Gasteiger charge is 2.34. The van der Waals surface area contributed by atoms with Crippen molar-refractivity contribution in [1.29, 1.82) is 0 Å². The lowest BCUT2D eigenvalue weighted by Gasteiger charge is -2.36. The van der Waals surface area contributed by atoms with E-state index < -0.39 is 5.97 Å². The number of carbonyl (C=O) groups is 2. The number of aliphatic carboxylic acids is 1. The van der Waals surface area contributed by atoms with Crippen molar-refractivity contribution in [1.82, 2.24) is 9.80 Å². The monoisotopic (exact) mass is 270 g/mol. The number of carboxylic acid groups (broad SMARTS) is 1. The summed E-state index contributed by atoms with van der Waals surface area (Å²) in [5, 5.41) is 8.89. The molecule has 2 saturated heterocycles. The number of urea groups is 1. The summed E-state index contributed by atoms with van der Waals surface area (Å²) in [6, 6.07) is -0.168. The van der Waals surface area contributed by atoms with Gasteiger partial charge in [-0.2, -0.15) is 0 Å². The highest BCUT2D eigenvalue weighted by molar-refractivity contribution is 5.76. The third-order valence-corrected chi connectivity index (χ3v) is 3.90. The Bertz CT molecular complexity index is 348. The molecular weight excluding hydrogens is 248 g/mol. The van der Waals surface area contributed by atoms with Crippen molar-refractivity contribution < 1.29 is 19.4 Å². The second-order valence-corrected chi connectivity index (χ2v) is 5.22. The van der Waals surface area contributed by atoms with Gasteiger partial charge in [-0.05, 0) is 19.3 Å². The Kier molecular flexibility index (Phi) is 4.63. The Hall–Kier alpha value is -1.30. The van der Waals surface area contributed by atoms with Gasteiger partial charge >= 0.3 is 12.0 Å². The van der Waals surface area contributed by atoms with E-state index in [0.717, 1.165) is 19.3 Å². The molecule has 0 aliphatic carbocycles. The molecule has 0 aromatic rings. The minimum Gasteiger partial charge on any atom is -0.481 e. The maximum atomic E-state index is 12.5. The van der Waals surface area contributed by atoms with E-state index in [2.05, 4.69) is 0 Å². The van der Waals surface area contributed by atoms with Crippen molar-refractivity contribution in [3.63, 3.8) is 0 Å². The van der Waals surface area contributed by atoms with Crippen LogP contribution in [0.2, 0.25) is 0 Å². The number of nitrogens with zero attached hydrogens (tertiary/aromatic N) is 2. The zero-order chi connectivity index (χ0) is 13.8. The summed E-state index contributed by atoms with van der Waals surface area (Å²) in [4.78, 5) is 26.8. The average molecular weight is 270 g/mol. The Morgan fingerprint density at radius 1 is 1.37 bits per heavy atom. The van der Waals surface area contributed by atoms with Crippen molar-refractivity contribution in [2.24, 2.45) is 0 Å². The lowest BCUT2D eigenvalue weighted by Crippen LogP contribution is -2.52. The van der Waals surface area contributed by atoms with Crippen LogP contribution in [-0.4, -0.2) is 65.3 Å². The summed E-state index contributed by atoms with van der Waals surface area (Å²) in [7, 11) is 0. The molecule has 2 fully saturated rings. The molecule has 2 aliphatic rings. The second-order valence-electron chi connectivity index (χ2n) is 5.22. The molecule has 1 N–H and O–H groups in total. The van der Waals surface area contributed by atoms with E-state index >= 15 is 0 Å². The number of hydrogen-bond donors (Lipinski definition) is 1. The molecule has 0 radical (unpaired) electrons. The maximum Gasteiger partial charge on any atom is 0.320 e. The van der Waals surface area contributed by atoms with E-state index in [1.807, 2.05) is 6.92 Å². The fourth-order valence-corrected chi connectivity index (χ4v) is 2.82. The van der Waals surface area contributed by atoms with E-state index in [1.165, 1.54) is 0 Å². The molecule has 6 heteroatoms. The van der Waals surface area contributed by atoms with E-state index in [1.54, 1.807) is 9.80 Å². The molecule has 108 valence electrons. The van der Waals surface area contributed by atoms with Crippen LogP contribution in [0, 0.1) is 0 Å². The van der Waals surface area contributed by atoms with Gasteiger partial charge in [0.25, 0.3) is 0 Å². The molecule has 0 spiro atoms. The Morgan fingerprint density at radius 3 is 2.84 bits per heavy atom. The second kappa shape index (κ2) is 6.23. The number of likely N-dealkylation sites (tertiary alicyclic amines) is 1. The van der Waals surface area contributed by atoms with Gasteiger partial charge < -0.3 is 19.6 Å². The van der Waals surface area contributed by atoms with Gasteiger partial charge in [-0.1, -0.05) is 6.92 Å². The Morgan fingerprint density at radius 2 is 2.16 bits per heavy atom. The zero-order valence-electron chi connectivity index (χ0n) is 11.4. The van der Waals surface area contributed by atoms with Gasteiger partial charge in [0.1, 0.15) is 0 Å². The van der Waals surface area contributed by atoms with Crippen molar-refractivity contribution >= 4 is 12.0 Å². The number of carboxylic acids is 1. The number of hydrogen-bond acceptors (Lipinski definition) is 3. The molecule has 2 unspecified atom stereocenters. The number of ether oxygens (including phenoxy) is 1. The number of rotatable bonds is 3. The standard InChI is InChI=1S/C13H22N2O4/c1-2-11-9-14(6-7-19-11)13(18)15-5-3-4-10(15)8-12(16)17/h10-11H,2-9H2,1H3,(H,16,17). The van der Waals surface area contributed by atoms with Gasteiger partial charge in [0, 0.05) is 25.7 Å². The number of morpholine rings is 1. The van der Waals surface area contributed by atoms with Crippen LogP contribution in [0.25, 0.3) is 0 Å². The molecule has 2 amide bonds. The van der Waals surface area contributed by atoms with Crippen molar-refractivity contribution in [2.75, 3.05) is 26.2 Å². The molecular formula is C13H22N2O4. The van der Waals surface area contributed by atoms with E-state index in [9.17, 15) is 9.59 Å². The van der Waals surface area contributed by atoms with Crippen molar-refractivity contribution in [3.8, 4) is 0 Å². The van der Waals surface area contributed by atoms with Gasteiger partial charge in [0.15, 0.2) is 0 Å². The summed E-state index contributed by atoms with van der Waals surface area (Å²) in [6.45, 7) is 4.51. The van der Waals surface area contributed by atoms with Crippen LogP contribution in [0.4, 0.5) is 4.79 Å². The summed E-state index contributed by atoms with van der Waals surface area (Å²) < 4.78 is 5.56. The molecule has 19 heavy (non-hydrogen) atoms. The number of amides is 2. The van der Waals surface area contributed by atoms with Gasteiger partial charge in [0.2, 0.25) is 0 Å².